The van der Waals surface area contributed by atoms with Crippen LogP contribution in [0.1, 0.15) is 25.3 Å². The number of nitrogens with zero attached hydrogens (tertiary/aromatic N) is 4. The summed E-state index contributed by atoms with van der Waals surface area (Å²) < 4.78 is 12.6. The molecule has 0 radical (unpaired) electrons. The van der Waals surface area contributed by atoms with Crippen molar-refractivity contribution in [2.45, 2.75) is 32.9 Å². The molecule has 2 aliphatic heterocycles. The standard InChI is InChI=1S/C17H26N4O3/c1-2-4-21-13-15(11-18-21)12-19-5-3-6-20(8-7-19)17(22)16-14-23-9-10-24-16/h11,13-14H,2-10,12H2,1H3. The lowest BCUT2D eigenvalue weighted by atomic mass is 10.3. The lowest BCUT2D eigenvalue weighted by molar-refractivity contribution is -0.132. The second-order valence-electron chi connectivity index (χ2n) is 6.23. The summed E-state index contributed by atoms with van der Waals surface area (Å²) in [7, 11) is 0. The summed E-state index contributed by atoms with van der Waals surface area (Å²) in [6.45, 7) is 8.26. The molecule has 1 aromatic heterocycles. The number of hydrogen-bond acceptors (Lipinski definition) is 5. The average Bonchev–Trinajstić information content (AvgIpc) is 2.91. The third kappa shape index (κ3) is 4.29. The summed E-state index contributed by atoms with van der Waals surface area (Å²) in [5.41, 5.74) is 1.23. The van der Waals surface area contributed by atoms with Gasteiger partial charge in [0.15, 0.2) is 0 Å². The Morgan fingerprint density at radius 3 is 2.96 bits per heavy atom. The maximum atomic E-state index is 12.5. The van der Waals surface area contributed by atoms with Crippen LogP contribution in [0, 0.1) is 0 Å². The lowest BCUT2D eigenvalue weighted by Crippen LogP contribution is -2.37. The van der Waals surface area contributed by atoms with Crippen molar-refractivity contribution >= 4 is 5.91 Å². The highest BCUT2D eigenvalue weighted by atomic mass is 16.6. The van der Waals surface area contributed by atoms with Gasteiger partial charge >= 0.3 is 0 Å². The Balaban J connectivity index is 1.52. The first kappa shape index (κ1) is 16.8. The van der Waals surface area contributed by atoms with Crippen LogP contribution in [0.5, 0.6) is 0 Å². The first-order chi connectivity index (χ1) is 11.8. The topological polar surface area (TPSA) is 59.8 Å². The number of amides is 1. The average molecular weight is 334 g/mol. The quantitative estimate of drug-likeness (QED) is 0.810. The van der Waals surface area contributed by atoms with E-state index < -0.39 is 0 Å². The van der Waals surface area contributed by atoms with Crippen LogP contribution >= 0.6 is 0 Å². The van der Waals surface area contributed by atoms with Crippen molar-refractivity contribution in [2.75, 3.05) is 39.4 Å². The largest absolute Gasteiger partial charge is 0.494 e. The molecule has 0 aliphatic carbocycles. The molecular weight excluding hydrogens is 308 g/mol. The molecule has 1 saturated heterocycles. The summed E-state index contributed by atoms with van der Waals surface area (Å²) in [5, 5.41) is 4.39. The number of carbonyl (C=O) groups is 1. The van der Waals surface area contributed by atoms with E-state index in [4.69, 9.17) is 9.47 Å². The van der Waals surface area contributed by atoms with Gasteiger partial charge in [0.05, 0.1) is 6.20 Å². The maximum absolute atomic E-state index is 12.5. The SMILES string of the molecule is CCCn1cc(CN2CCCN(C(=O)C3=COCCO3)CC2)cn1. The van der Waals surface area contributed by atoms with Gasteiger partial charge in [-0.3, -0.25) is 14.4 Å². The van der Waals surface area contributed by atoms with Crippen molar-refractivity contribution < 1.29 is 14.3 Å². The highest BCUT2D eigenvalue weighted by Gasteiger charge is 2.24. The molecule has 3 rings (SSSR count). The minimum Gasteiger partial charge on any atom is -0.494 e. The molecular formula is C17H26N4O3. The molecule has 3 heterocycles. The van der Waals surface area contributed by atoms with E-state index in [0.717, 1.165) is 45.6 Å². The highest BCUT2D eigenvalue weighted by Crippen LogP contribution is 2.13. The molecule has 1 aromatic rings. The van der Waals surface area contributed by atoms with Crippen LogP contribution in [0.2, 0.25) is 0 Å². The third-order valence-electron chi connectivity index (χ3n) is 4.28. The zero-order valence-corrected chi connectivity index (χ0v) is 14.3. The van der Waals surface area contributed by atoms with Crippen LogP contribution in [0.3, 0.4) is 0 Å². The van der Waals surface area contributed by atoms with Gasteiger partial charge < -0.3 is 14.4 Å². The van der Waals surface area contributed by atoms with E-state index in [1.165, 1.54) is 11.8 Å². The number of aryl methyl sites for hydroxylation is 1. The Bertz CT molecular complexity index is 584. The molecule has 24 heavy (non-hydrogen) atoms. The summed E-state index contributed by atoms with van der Waals surface area (Å²) in [5.74, 6) is 0.267. The second-order valence-corrected chi connectivity index (χ2v) is 6.23. The maximum Gasteiger partial charge on any atom is 0.292 e. The van der Waals surface area contributed by atoms with E-state index in [0.29, 0.717) is 25.5 Å². The Morgan fingerprint density at radius 2 is 2.17 bits per heavy atom. The van der Waals surface area contributed by atoms with Gasteiger partial charge in [0.25, 0.3) is 5.91 Å². The zero-order valence-electron chi connectivity index (χ0n) is 14.3. The van der Waals surface area contributed by atoms with Crippen molar-refractivity contribution in [2.24, 2.45) is 0 Å². The predicted octanol–water partition coefficient (Wildman–Crippen LogP) is 1.22. The Kier molecular flexibility index (Phi) is 5.74. The van der Waals surface area contributed by atoms with Crippen LogP contribution in [0.15, 0.2) is 24.4 Å². The first-order valence-corrected chi connectivity index (χ1v) is 8.74. The molecule has 0 unspecified atom stereocenters. The number of rotatable bonds is 5. The van der Waals surface area contributed by atoms with Gasteiger partial charge in [0.2, 0.25) is 5.76 Å². The van der Waals surface area contributed by atoms with Gasteiger partial charge in [-0.25, -0.2) is 0 Å². The number of hydrogen-bond donors (Lipinski definition) is 0. The van der Waals surface area contributed by atoms with Crippen LogP contribution < -0.4 is 0 Å². The van der Waals surface area contributed by atoms with Crippen molar-refractivity contribution in [3.63, 3.8) is 0 Å². The van der Waals surface area contributed by atoms with Crippen molar-refractivity contribution in [1.29, 1.82) is 0 Å². The van der Waals surface area contributed by atoms with Crippen LogP contribution in [-0.4, -0.2) is 64.9 Å². The van der Waals surface area contributed by atoms with Gasteiger partial charge in [-0.15, -0.1) is 0 Å². The lowest BCUT2D eigenvalue weighted by Gasteiger charge is -2.24. The number of aromatic nitrogens is 2. The highest BCUT2D eigenvalue weighted by molar-refractivity contribution is 5.91. The van der Waals surface area contributed by atoms with E-state index in [1.807, 2.05) is 15.8 Å². The molecule has 2 aliphatic rings. The first-order valence-electron chi connectivity index (χ1n) is 8.74. The predicted molar refractivity (Wildman–Crippen MR) is 89.0 cm³/mol. The summed E-state index contributed by atoms with van der Waals surface area (Å²) in [6.07, 6.45) is 7.56. The molecule has 0 bridgehead atoms. The van der Waals surface area contributed by atoms with Crippen molar-refractivity contribution in [3.8, 4) is 0 Å². The number of ether oxygens (including phenoxy) is 2. The van der Waals surface area contributed by atoms with Crippen LogP contribution in [-0.2, 0) is 27.4 Å². The molecule has 0 N–H and O–H groups in total. The normalized spacial score (nSPS) is 19.2. The summed E-state index contributed by atoms with van der Waals surface area (Å²) in [6, 6.07) is 0. The third-order valence-corrected chi connectivity index (χ3v) is 4.28. The van der Waals surface area contributed by atoms with Gasteiger partial charge in [-0.2, -0.15) is 5.10 Å². The zero-order chi connectivity index (χ0) is 16.8. The monoisotopic (exact) mass is 334 g/mol. The van der Waals surface area contributed by atoms with Crippen molar-refractivity contribution in [1.82, 2.24) is 19.6 Å². The van der Waals surface area contributed by atoms with E-state index in [-0.39, 0.29) is 5.91 Å². The fraction of sp³-hybridized carbons (Fsp3) is 0.647. The molecule has 7 heteroatoms. The van der Waals surface area contributed by atoms with E-state index in [1.54, 1.807) is 0 Å². The molecule has 0 saturated carbocycles. The van der Waals surface area contributed by atoms with E-state index in [9.17, 15) is 4.79 Å². The summed E-state index contributed by atoms with van der Waals surface area (Å²) in [4.78, 5) is 16.7. The molecule has 132 valence electrons. The van der Waals surface area contributed by atoms with Gasteiger partial charge in [-0.1, -0.05) is 6.92 Å². The van der Waals surface area contributed by atoms with E-state index >= 15 is 0 Å². The molecule has 1 amide bonds. The minimum absolute atomic E-state index is 0.0627. The van der Waals surface area contributed by atoms with Crippen LogP contribution in [0.4, 0.5) is 0 Å². The molecule has 0 atom stereocenters. The fourth-order valence-electron chi connectivity index (χ4n) is 3.07. The molecule has 0 spiro atoms. The Hall–Kier alpha value is -2.02. The molecule has 0 aromatic carbocycles. The van der Waals surface area contributed by atoms with Crippen molar-refractivity contribution in [3.05, 3.63) is 30.0 Å². The second kappa shape index (κ2) is 8.19. The number of carbonyl (C=O) groups excluding carboxylic acids is 1. The molecule has 1 fully saturated rings. The van der Waals surface area contributed by atoms with Gasteiger partial charge in [-0.05, 0) is 12.8 Å². The van der Waals surface area contributed by atoms with Crippen LogP contribution in [0.25, 0.3) is 0 Å². The van der Waals surface area contributed by atoms with E-state index in [2.05, 4.69) is 23.1 Å². The van der Waals surface area contributed by atoms with Gasteiger partial charge in [0.1, 0.15) is 19.5 Å². The Labute approximate surface area is 142 Å². The van der Waals surface area contributed by atoms with Gasteiger partial charge in [0, 0.05) is 51.0 Å². The minimum atomic E-state index is -0.0627. The summed E-state index contributed by atoms with van der Waals surface area (Å²) >= 11 is 0. The fourth-order valence-corrected chi connectivity index (χ4v) is 3.07. The Morgan fingerprint density at radius 1 is 1.25 bits per heavy atom. The molecule has 7 nitrogen and oxygen atoms in total. The smallest absolute Gasteiger partial charge is 0.292 e.